The lowest BCUT2D eigenvalue weighted by atomic mass is 9.69. The Morgan fingerprint density at radius 3 is 2.55 bits per heavy atom. The summed E-state index contributed by atoms with van der Waals surface area (Å²) in [4.78, 5) is 7.71. The van der Waals surface area contributed by atoms with Crippen molar-refractivity contribution in [2.24, 2.45) is 0 Å². The van der Waals surface area contributed by atoms with Gasteiger partial charge in [0.05, 0.1) is 44.8 Å². The Hall–Kier alpha value is -4.47. The van der Waals surface area contributed by atoms with E-state index in [4.69, 9.17) is 19.4 Å². The molecular formula is C27H19BClF3N8. The number of hydrazine groups is 2. The largest absolute Gasteiger partial charge is 0.378 e. The minimum atomic E-state index is -1.38. The van der Waals surface area contributed by atoms with E-state index < -0.39 is 23.0 Å². The number of pyridine rings is 2. The third-order valence-corrected chi connectivity index (χ3v) is 6.99. The number of fused-ring (bicyclic) bond motifs is 1. The van der Waals surface area contributed by atoms with Crippen molar-refractivity contribution in [2.75, 3.05) is 10.6 Å². The second-order valence-electron chi connectivity index (χ2n) is 9.49. The van der Waals surface area contributed by atoms with Crippen LogP contribution in [0.2, 0.25) is 5.02 Å². The molecule has 3 heterocycles. The van der Waals surface area contributed by atoms with E-state index in [0.29, 0.717) is 33.9 Å². The van der Waals surface area contributed by atoms with E-state index in [2.05, 4.69) is 31.6 Å². The van der Waals surface area contributed by atoms with Gasteiger partial charge in [0.2, 0.25) is 5.95 Å². The SMILES string of the molecule is [B]C(Nc1cc(Cl)c2ncc(C#N)c(Nc3cnc(F)c(F)c3)c2c1)(C1=CN(C2CC2)NN1)c1ccc(F)cc1. The molecule has 0 bridgehead atoms. The summed E-state index contributed by atoms with van der Waals surface area (Å²) in [6, 6.07) is 12.4. The van der Waals surface area contributed by atoms with E-state index in [0.717, 1.165) is 25.1 Å². The highest BCUT2D eigenvalue weighted by molar-refractivity contribution is 6.36. The van der Waals surface area contributed by atoms with Crippen LogP contribution in [0.3, 0.4) is 0 Å². The summed E-state index contributed by atoms with van der Waals surface area (Å²) in [5.74, 6) is -2.81. The van der Waals surface area contributed by atoms with Gasteiger partial charge in [-0.2, -0.15) is 9.65 Å². The van der Waals surface area contributed by atoms with E-state index >= 15 is 0 Å². The van der Waals surface area contributed by atoms with Crippen molar-refractivity contribution >= 4 is 47.4 Å². The lowest BCUT2D eigenvalue weighted by molar-refractivity contribution is 0.260. The highest BCUT2D eigenvalue weighted by atomic mass is 35.5. The molecule has 0 saturated heterocycles. The predicted octanol–water partition coefficient (Wildman–Crippen LogP) is 5.08. The first-order chi connectivity index (χ1) is 19.2. The summed E-state index contributed by atoms with van der Waals surface area (Å²) in [5, 5.41) is 18.6. The van der Waals surface area contributed by atoms with Crippen molar-refractivity contribution in [3.63, 3.8) is 0 Å². The standard InChI is InChI=1S/C27H19BClF3N8/c28-27(15-1-3-16(30)4-2-15,23-13-40(39-38-23)19-5-6-19)37-17-7-20-24(36-18-9-22(31)26(32)35-12-18)14(10-33)11-34-25(20)21(29)8-17/h1-4,7-9,11-13,19,37-39H,5-6H2,(H,34,36). The zero-order valence-corrected chi connectivity index (χ0v) is 21.4. The molecule has 2 aromatic heterocycles. The molecule has 40 heavy (non-hydrogen) atoms. The molecule has 1 atom stereocenters. The van der Waals surface area contributed by atoms with E-state index in [-0.39, 0.29) is 22.0 Å². The Bertz CT molecular complexity index is 1710. The van der Waals surface area contributed by atoms with Gasteiger partial charge in [0.1, 0.15) is 19.7 Å². The topological polar surface area (TPSA) is 101 Å². The fraction of sp³-hybridized carbons (Fsp3) is 0.148. The van der Waals surface area contributed by atoms with Crippen molar-refractivity contribution in [3.8, 4) is 6.07 Å². The van der Waals surface area contributed by atoms with Crippen LogP contribution < -0.4 is 21.6 Å². The van der Waals surface area contributed by atoms with Crippen LogP contribution in [0.5, 0.6) is 0 Å². The van der Waals surface area contributed by atoms with Crippen molar-refractivity contribution in [1.29, 1.82) is 5.26 Å². The molecule has 0 amide bonds. The quantitative estimate of drug-likeness (QED) is 0.184. The van der Waals surface area contributed by atoms with Gasteiger partial charge in [-0.3, -0.25) is 9.99 Å². The number of nitriles is 1. The number of hydrogen-bond donors (Lipinski definition) is 4. The molecular weight excluding hydrogens is 540 g/mol. The number of nitrogens with zero attached hydrogens (tertiary/aromatic N) is 4. The van der Waals surface area contributed by atoms with Crippen LogP contribution in [-0.2, 0) is 5.44 Å². The molecule has 1 unspecified atom stereocenters. The summed E-state index contributed by atoms with van der Waals surface area (Å²) in [7, 11) is 6.99. The molecule has 0 spiro atoms. The van der Waals surface area contributed by atoms with Crippen LogP contribution in [-0.4, -0.2) is 28.9 Å². The smallest absolute Gasteiger partial charge is 0.249 e. The van der Waals surface area contributed by atoms with Crippen LogP contribution >= 0.6 is 11.6 Å². The minimum Gasteiger partial charge on any atom is -0.378 e. The van der Waals surface area contributed by atoms with E-state index in [1.807, 2.05) is 17.3 Å². The van der Waals surface area contributed by atoms with Gasteiger partial charge in [0.15, 0.2) is 5.82 Å². The van der Waals surface area contributed by atoms with Gasteiger partial charge in [-0.25, -0.2) is 13.8 Å². The third kappa shape index (κ3) is 4.74. The molecule has 1 saturated carbocycles. The average Bonchev–Trinajstić information content (AvgIpc) is 3.67. The predicted molar refractivity (Wildman–Crippen MR) is 146 cm³/mol. The van der Waals surface area contributed by atoms with Crippen molar-refractivity contribution in [3.05, 3.63) is 100 Å². The third-order valence-electron chi connectivity index (χ3n) is 6.70. The van der Waals surface area contributed by atoms with Gasteiger partial charge in [0.25, 0.3) is 0 Å². The number of rotatable bonds is 7. The Labute approximate surface area is 233 Å². The number of aromatic nitrogens is 2. The second-order valence-corrected chi connectivity index (χ2v) is 9.90. The van der Waals surface area contributed by atoms with Gasteiger partial charge < -0.3 is 16.1 Å². The van der Waals surface area contributed by atoms with Crippen molar-refractivity contribution < 1.29 is 13.2 Å². The van der Waals surface area contributed by atoms with Crippen molar-refractivity contribution in [2.45, 2.75) is 24.3 Å². The molecule has 2 aliphatic rings. The second kappa shape index (κ2) is 9.93. The maximum atomic E-state index is 13.9. The zero-order chi connectivity index (χ0) is 28.0. The van der Waals surface area contributed by atoms with Gasteiger partial charge in [0, 0.05) is 35.6 Å². The van der Waals surface area contributed by atoms with E-state index in [1.54, 1.807) is 24.3 Å². The highest BCUT2D eigenvalue weighted by Gasteiger charge is 2.37. The molecule has 198 valence electrons. The fourth-order valence-electron chi connectivity index (χ4n) is 4.50. The summed E-state index contributed by atoms with van der Waals surface area (Å²) in [5.41, 5.74) is 7.25. The van der Waals surface area contributed by atoms with Gasteiger partial charge >= 0.3 is 0 Å². The molecule has 4 N–H and O–H groups in total. The molecule has 1 fully saturated rings. The highest BCUT2D eigenvalue weighted by Crippen LogP contribution is 2.38. The minimum absolute atomic E-state index is 0.114. The Balaban J connectivity index is 1.45. The molecule has 6 rings (SSSR count). The average molecular weight is 559 g/mol. The fourth-order valence-corrected chi connectivity index (χ4v) is 4.77. The Kier molecular flexibility index (Phi) is 6.40. The first-order valence-electron chi connectivity index (χ1n) is 12.2. The summed E-state index contributed by atoms with van der Waals surface area (Å²) in [6.45, 7) is 0. The molecule has 1 aliphatic carbocycles. The number of halogens is 4. The van der Waals surface area contributed by atoms with E-state index in [1.165, 1.54) is 18.3 Å². The maximum absolute atomic E-state index is 13.9. The normalized spacial score (nSPS) is 16.2. The molecule has 8 nitrogen and oxygen atoms in total. The Morgan fingerprint density at radius 1 is 1.07 bits per heavy atom. The van der Waals surface area contributed by atoms with Gasteiger partial charge in [-0.15, -0.1) is 5.53 Å². The lowest BCUT2D eigenvalue weighted by Crippen LogP contribution is -2.45. The van der Waals surface area contributed by atoms with Crippen LogP contribution in [0.1, 0.15) is 24.0 Å². The van der Waals surface area contributed by atoms with Crippen molar-refractivity contribution in [1.82, 2.24) is 25.9 Å². The maximum Gasteiger partial charge on any atom is 0.249 e. The molecule has 2 aromatic carbocycles. The number of benzene rings is 2. The summed E-state index contributed by atoms with van der Waals surface area (Å²) < 4.78 is 41.1. The monoisotopic (exact) mass is 558 g/mol. The summed E-state index contributed by atoms with van der Waals surface area (Å²) in [6.07, 6.45) is 6.37. The van der Waals surface area contributed by atoms with Gasteiger partial charge in [-0.1, -0.05) is 23.7 Å². The van der Waals surface area contributed by atoms with Crippen LogP contribution in [0.15, 0.2) is 66.8 Å². The number of hydrogen-bond acceptors (Lipinski definition) is 8. The molecule has 13 heteroatoms. The molecule has 4 aromatic rings. The molecule has 1 aliphatic heterocycles. The first-order valence-corrected chi connectivity index (χ1v) is 12.6. The van der Waals surface area contributed by atoms with Gasteiger partial charge in [-0.05, 0) is 42.7 Å². The summed E-state index contributed by atoms with van der Waals surface area (Å²) >= 11 is 6.63. The Morgan fingerprint density at radius 2 is 1.85 bits per heavy atom. The zero-order valence-electron chi connectivity index (χ0n) is 20.6. The van der Waals surface area contributed by atoms with Crippen LogP contribution in [0.4, 0.5) is 30.2 Å². The number of anilines is 3. The van der Waals surface area contributed by atoms with Crippen LogP contribution in [0.25, 0.3) is 10.9 Å². The molecule has 2 radical (unpaired) electrons. The first kappa shape index (κ1) is 25.8. The lowest BCUT2D eigenvalue weighted by Gasteiger charge is -2.34. The van der Waals surface area contributed by atoms with Crippen LogP contribution in [0, 0.1) is 28.9 Å². The van der Waals surface area contributed by atoms with E-state index in [9.17, 15) is 18.4 Å². The number of nitrogens with one attached hydrogen (secondary N) is 4.